The molecule has 11 nitrogen and oxygen atoms in total. The first-order chi connectivity index (χ1) is 31.4. The van der Waals surface area contributed by atoms with Crippen molar-refractivity contribution in [3.8, 4) is 17.6 Å². The molecular formula is C53H50N4O7. The van der Waals surface area contributed by atoms with Crippen LogP contribution in [0.2, 0.25) is 0 Å². The summed E-state index contributed by atoms with van der Waals surface area (Å²) in [5.41, 5.74) is 5.11. The summed E-state index contributed by atoms with van der Waals surface area (Å²) in [6.45, 7) is 2.75. The Labute approximate surface area is 373 Å². The lowest BCUT2D eigenvalue weighted by Crippen LogP contribution is -2.53. The van der Waals surface area contributed by atoms with E-state index in [1.54, 1.807) is 12.1 Å². The Morgan fingerprint density at radius 2 is 1.56 bits per heavy atom. The van der Waals surface area contributed by atoms with Gasteiger partial charge in [-0.2, -0.15) is 0 Å². The highest BCUT2D eigenvalue weighted by atomic mass is 16.6. The molecule has 1 aliphatic carbocycles. The molecule has 3 fully saturated rings. The molecule has 0 aromatic heterocycles. The molecule has 0 bridgehead atoms. The van der Waals surface area contributed by atoms with Crippen LogP contribution in [0.15, 0.2) is 139 Å². The Balaban J connectivity index is 1.18. The van der Waals surface area contributed by atoms with Crippen LogP contribution in [0.3, 0.4) is 0 Å². The van der Waals surface area contributed by atoms with E-state index in [0.29, 0.717) is 47.0 Å². The zero-order chi connectivity index (χ0) is 43.6. The van der Waals surface area contributed by atoms with Crippen molar-refractivity contribution in [2.45, 2.75) is 55.3 Å². The molecule has 64 heavy (non-hydrogen) atoms. The summed E-state index contributed by atoms with van der Waals surface area (Å²) >= 11 is 0. The maximum atomic E-state index is 15.6. The first-order valence-electron chi connectivity index (χ1n) is 22.3. The summed E-state index contributed by atoms with van der Waals surface area (Å²) in [4.78, 5) is 50.8. The van der Waals surface area contributed by atoms with Crippen molar-refractivity contribution in [1.82, 2.24) is 4.90 Å². The van der Waals surface area contributed by atoms with Crippen molar-refractivity contribution in [2.75, 3.05) is 55.1 Å². The number of amides is 2. The number of nitrogens with zero attached hydrogens (tertiary/aromatic N) is 2. The van der Waals surface area contributed by atoms with Crippen molar-refractivity contribution < 1.29 is 33.7 Å². The van der Waals surface area contributed by atoms with Crippen molar-refractivity contribution in [2.24, 2.45) is 5.92 Å². The van der Waals surface area contributed by atoms with Crippen LogP contribution in [0.25, 0.3) is 0 Å². The number of hydrogen-bond donors (Lipinski definition) is 3. The molecule has 6 atom stereocenters. The van der Waals surface area contributed by atoms with E-state index in [-0.39, 0.29) is 13.2 Å². The Kier molecular flexibility index (Phi) is 11.5. The Hall–Kier alpha value is -6.71. The van der Waals surface area contributed by atoms with Gasteiger partial charge in [-0.1, -0.05) is 90.7 Å². The van der Waals surface area contributed by atoms with Crippen LogP contribution >= 0.6 is 0 Å². The molecule has 11 heteroatoms. The van der Waals surface area contributed by atoms with E-state index in [2.05, 4.69) is 38.4 Å². The molecule has 1 spiro atoms. The van der Waals surface area contributed by atoms with Crippen LogP contribution in [0.4, 0.5) is 17.1 Å². The highest BCUT2D eigenvalue weighted by Gasteiger charge is 2.74. The molecule has 3 saturated heterocycles. The fourth-order valence-corrected chi connectivity index (χ4v) is 10.5. The predicted octanol–water partition coefficient (Wildman–Crippen LogP) is 7.66. The lowest BCUT2D eigenvalue weighted by molar-refractivity contribution is -0.177. The molecule has 5 aliphatic rings. The number of carbonyl (C=O) groups excluding carboxylic acids is 3. The minimum atomic E-state index is -1.68. The molecule has 3 N–H and O–H groups in total. The van der Waals surface area contributed by atoms with Gasteiger partial charge in [0.05, 0.1) is 37.8 Å². The van der Waals surface area contributed by atoms with Gasteiger partial charge in [0.25, 0.3) is 0 Å². The highest BCUT2D eigenvalue weighted by molar-refractivity contribution is 6.13. The number of hydrogen-bond acceptors (Lipinski definition) is 9. The highest BCUT2D eigenvalue weighted by Crippen LogP contribution is 2.65. The molecule has 5 aromatic carbocycles. The van der Waals surface area contributed by atoms with E-state index in [9.17, 15) is 5.11 Å². The topological polar surface area (TPSA) is 130 Å². The number of rotatable bonds is 9. The average molecular weight is 855 g/mol. The van der Waals surface area contributed by atoms with Gasteiger partial charge in [-0.25, -0.2) is 0 Å². The molecule has 4 aliphatic heterocycles. The summed E-state index contributed by atoms with van der Waals surface area (Å²) in [5.74, 6) is 4.52. The minimum Gasteiger partial charge on any atom is -0.491 e. The Bertz CT molecular complexity index is 2620. The third kappa shape index (κ3) is 7.51. The van der Waals surface area contributed by atoms with Crippen molar-refractivity contribution in [3.63, 3.8) is 0 Å². The summed E-state index contributed by atoms with van der Waals surface area (Å²) in [6.07, 6.45) is 5.55. The summed E-state index contributed by atoms with van der Waals surface area (Å²) in [5, 5.41) is 15.9. The van der Waals surface area contributed by atoms with Gasteiger partial charge < -0.3 is 34.9 Å². The standard InChI is InChI=1S/C53H50N4O7/c58-30-33-63-42-25-19-39(20-26-42)49-53(43-34-36(18-27-44(43)55-52(53)61)17-16-35-10-4-1-5-11-35)45(50(59)54-40-21-23-41(24-22-40)56-28-31-62-32-29-56)47-51(60)64-48(38-14-8-3-9-15-38)46(57(47)49)37-12-6-2-7-13-37/h2-3,6-10,12-15,18-27,34,45-49,58H,1,4-5,11,28-33H2,(H,54,59)(H,55,61)/t45-,46-,47-,48+,49+,53-/m0/s1. The van der Waals surface area contributed by atoms with Crippen molar-refractivity contribution in [1.29, 1.82) is 0 Å². The largest absolute Gasteiger partial charge is 0.491 e. The number of fused-ring (bicyclic) bond motifs is 3. The maximum absolute atomic E-state index is 15.6. The maximum Gasteiger partial charge on any atom is 0.324 e. The number of allylic oxidation sites excluding steroid dienone is 2. The normalized spacial score (nSPS) is 25.0. The van der Waals surface area contributed by atoms with E-state index in [0.717, 1.165) is 61.2 Å². The zero-order valence-corrected chi connectivity index (χ0v) is 35.5. The number of benzene rings is 5. The summed E-state index contributed by atoms with van der Waals surface area (Å²) < 4.78 is 18.0. The summed E-state index contributed by atoms with van der Waals surface area (Å²) in [6, 6.07) is 37.5. The smallest absolute Gasteiger partial charge is 0.324 e. The number of morpholine rings is 2. The van der Waals surface area contributed by atoms with Crippen LogP contribution in [0.1, 0.15) is 71.7 Å². The SMILES string of the molecule is O=C1O[C@H](c2ccccc2)[C@H](c2ccccc2)N2[C@H]1[C@@H](C(=O)Nc1ccc(N3CCOCC3)cc1)[C@]1(C(=O)Nc3ccc(C#CC4=CCCCC4)cc31)[C@H]2c1ccc(OCCO)cc1. The van der Waals surface area contributed by atoms with Gasteiger partial charge in [0.2, 0.25) is 11.8 Å². The molecule has 4 heterocycles. The summed E-state index contributed by atoms with van der Waals surface area (Å²) in [7, 11) is 0. The number of esters is 1. The van der Waals surface area contributed by atoms with Crippen molar-refractivity contribution in [3.05, 3.63) is 167 Å². The number of cyclic esters (lactones) is 1. The number of aliphatic hydroxyl groups excluding tert-OH is 1. The second-order valence-corrected chi connectivity index (χ2v) is 17.0. The van der Waals surface area contributed by atoms with Crippen LogP contribution in [-0.2, 0) is 29.3 Å². The molecule has 0 radical (unpaired) electrons. The Morgan fingerprint density at radius 3 is 2.27 bits per heavy atom. The molecule has 324 valence electrons. The number of nitrogens with one attached hydrogen (secondary N) is 2. The van der Waals surface area contributed by atoms with Crippen LogP contribution < -0.4 is 20.3 Å². The van der Waals surface area contributed by atoms with Gasteiger partial charge >= 0.3 is 5.97 Å². The number of ether oxygens (including phenoxy) is 3. The van der Waals surface area contributed by atoms with Crippen LogP contribution in [0.5, 0.6) is 5.75 Å². The molecule has 10 rings (SSSR count). The van der Waals surface area contributed by atoms with E-state index < -0.39 is 53.3 Å². The van der Waals surface area contributed by atoms with Crippen molar-refractivity contribution >= 4 is 34.8 Å². The van der Waals surface area contributed by atoms with Gasteiger partial charge in [-0.05, 0) is 108 Å². The van der Waals surface area contributed by atoms with Gasteiger partial charge in [0.15, 0.2) is 0 Å². The quantitative estimate of drug-likeness (QED) is 0.101. The van der Waals surface area contributed by atoms with Gasteiger partial charge in [-0.15, -0.1) is 0 Å². The molecule has 2 amide bonds. The predicted molar refractivity (Wildman–Crippen MR) is 244 cm³/mol. The number of anilines is 3. The van der Waals surface area contributed by atoms with Crippen LogP contribution in [-0.4, -0.2) is 73.3 Å². The lowest BCUT2D eigenvalue weighted by Gasteiger charge is -2.46. The van der Waals surface area contributed by atoms with E-state index in [4.69, 9.17) is 14.2 Å². The number of aliphatic hydroxyl groups is 1. The fraction of sp³-hybridized carbons (Fsp3) is 0.302. The van der Waals surface area contributed by atoms with E-state index in [1.165, 1.54) is 0 Å². The Morgan fingerprint density at radius 1 is 0.828 bits per heavy atom. The number of carbonyl (C=O) groups is 3. The fourth-order valence-electron chi connectivity index (χ4n) is 10.5. The zero-order valence-electron chi connectivity index (χ0n) is 35.5. The molecular weight excluding hydrogens is 805 g/mol. The lowest BCUT2D eigenvalue weighted by atomic mass is 9.65. The third-order valence-corrected chi connectivity index (χ3v) is 13.3. The van der Waals surface area contributed by atoms with E-state index in [1.807, 2.05) is 115 Å². The average Bonchev–Trinajstić information content (AvgIpc) is 3.83. The van der Waals surface area contributed by atoms with Crippen LogP contribution in [0, 0.1) is 17.8 Å². The molecule has 5 aromatic rings. The molecule has 0 unspecified atom stereocenters. The second-order valence-electron chi connectivity index (χ2n) is 17.0. The molecule has 0 saturated carbocycles. The third-order valence-electron chi connectivity index (χ3n) is 13.3. The van der Waals surface area contributed by atoms with Gasteiger partial charge in [-0.3, -0.25) is 19.3 Å². The minimum absolute atomic E-state index is 0.105. The monoisotopic (exact) mass is 854 g/mol. The van der Waals surface area contributed by atoms with Gasteiger partial charge in [0, 0.05) is 35.7 Å². The first-order valence-corrected chi connectivity index (χ1v) is 22.3. The van der Waals surface area contributed by atoms with Gasteiger partial charge in [0.1, 0.15) is 29.9 Å². The second kappa shape index (κ2) is 17.8. The van der Waals surface area contributed by atoms with E-state index >= 15 is 14.4 Å². The first kappa shape index (κ1) is 41.3.